The summed E-state index contributed by atoms with van der Waals surface area (Å²) >= 11 is 3.42. The van der Waals surface area contributed by atoms with E-state index in [1.165, 1.54) is 23.9 Å². The Hall–Kier alpha value is -2.85. The van der Waals surface area contributed by atoms with Gasteiger partial charge in [0.2, 0.25) is 0 Å². The van der Waals surface area contributed by atoms with Crippen LogP contribution in [0, 0.1) is 9.39 Å². The largest absolute Gasteiger partial charge is 0.493 e. The first kappa shape index (κ1) is 22.3. The SMILES string of the molecule is COc1cc(/C=C2/SC(=Nc3ccc(F)cc3)NC2=O)cc(I)c1OCc1ccccc1. The van der Waals surface area contributed by atoms with Crippen LogP contribution in [0.3, 0.4) is 0 Å². The van der Waals surface area contributed by atoms with Crippen molar-refractivity contribution in [2.24, 2.45) is 4.99 Å². The standard InChI is InChI=1S/C24H18FIN2O3S/c1-30-20-12-16(11-19(26)22(20)31-14-15-5-3-2-4-6-15)13-21-23(29)28-24(32-21)27-18-9-7-17(25)8-10-18/h2-13H,14H2,1H3,(H,27,28,29)/b21-13+. The number of nitrogens with zero attached hydrogens (tertiary/aromatic N) is 1. The predicted octanol–water partition coefficient (Wildman–Crippen LogP) is 5.91. The lowest BCUT2D eigenvalue weighted by atomic mass is 10.2. The summed E-state index contributed by atoms with van der Waals surface area (Å²) in [5.41, 5.74) is 2.43. The van der Waals surface area contributed by atoms with E-state index < -0.39 is 0 Å². The molecule has 162 valence electrons. The molecule has 0 atom stereocenters. The maximum Gasteiger partial charge on any atom is 0.264 e. The predicted molar refractivity (Wildman–Crippen MR) is 134 cm³/mol. The number of nitrogens with one attached hydrogen (secondary N) is 1. The fraction of sp³-hybridized carbons (Fsp3) is 0.0833. The van der Waals surface area contributed by atoms with E-state index in [0.717, 1.165) is 14.7 Å². The summed E-state index contributed by atoms with van der Waals surface area (Å²) in [6.45, 7) is 0.426. The van der Waals surface area contributed by atoms with Crippen LogP contribution in [0.1, 0.15) is 11.1 Å². The van der Waals surface area contributed by atoms with Crippen molar-refractivity contribution >= 4 is 57.2 Å². The van der Waals surface area contributed by atoms with E-state index in [0.29, 0.717) is 33.9 Å². The van der Waals surface area contributed by atoms with Gasteiger partial charge in [-0.25, -0.2) is 9.38 Å². The van der Waals surface area contributed by atoms with Crippen molar-refractivity contribution in [2.75, 3.05) is 7.11 Å². The molecule has 32 heavy (non-hydrogen) atoms. The third-order valence-corrected chi connectivity index (χ3v) is 6.19. The molecule has 1 aliphatic rings. The summed E-state index contributed by atoms with van der Waals surface area (Å²) in [4.78, 5) is 17.3. The Kier molecular flexibility index (Phi) is 7.11. The van der Waals surface area contributed by atoms with Crippen molar-refractivity contribution < 1.29 is 18.7 Å². The zero-order valence-electron chi connectivity index (χ0n) is 17.0. The molecule has 3 aromatic rings. The molecular weight excluding hydrogens is 542 g/mol. The van der Waals surface area contributed by atoms with Gasteiger partial charge in [-0.3, -0.25) is 4.79 Å². The van der Waals surface area contributed by atoms with Gasteiger partial charge in [0.05, 0.1) is 21.3 Å². The average molecular weight is 560 g/mol. The first-order chi connectivity index (χ1) is 15.5. The van der Waals surface area contributed by atoms with Crippen LogP contribution in [-0.2, 0) is 11.4 Å². The highest BCUT2D eigenvalue weighted by molar-refractivity contribution is 14.1. The minimum atomic E-state index is -0.336. The number of hydrogen-bond donors (Lipinski definition) is 1. The monoisotopic (exact) mass is 560 g/mol. The maximum atomic E-state index is 13.1. The number of halogens is 2. The van der Waals surface area contributed by atoms with Gasteiger partial charge in [-0.2, -0.15) is 0 Å². The Balaban J connectivity index is 1.53. The summed E-state index contributed by atoms with van der Waals surface area (Å²) in [5.74, 6) is 0.663. The highest BCUT2D eigenvalue weighted by atomic mass is 127. The van der Waals surface area contributed by atoms with Crippen LogP contribution in [0.2, 0.25) is 0 Å². The van der Waals surface area contributed by atoms with E-state index in [4.69, 9.17) is 9.47 Å². The first-order valence-corrected chi connectivity index (χ1v) is 11.5. The highest BCUT2D eigenvalue weighted by Gasteiger charge is 2.24. The van der Waals surface area contributed by atoms with Crippen LogP contribution in [0.4, 0.5) is 10.1 Å². The zero-order valence-corrected chi connectivity index (χ0v) is 19.9. The van der Waals surface area contributed by atoms with Crippen LogP contribution < -0.4 is 14.8 Å². The van der Waals surface area contributed by atoms with Crippen molar-refractivity contribution in [3.63, 3.8) is 0 Å². The Labute approximate surface area is 202 Å². The minimum Gasteiger partial charge on any atom is -0.493 e. The molecule has 1 saturated heterocycles. The average Bonchev–Trinajstić information content (AvgIpc) is 3.13. The van der Waals surface area contributed by atoms with Gasteiger partial charge in [0.1, 0.15) is 12.4 Å². The summed E-state index contributed by atoms with van der Waals surface area (Å²) in [7, 11) is 1.59. The Morgan fingerprint density at radius 2 is 1.88 bits per heavy atom. The summed E-state index contributed by atoms with van der Waals surface area (Å²) in [6, 6.07) is 19.4. The molecule has 1 N–H and O–H groups in total. The second kappa shape index (κ2) is 10.2. The number of methoxy groups -OCH3 is 1. The molecule has 8 heteroatoms. The molecular formula is C24H18FIN2O3S. The van der Waals surface area contributed by atoms with Gasteiger partial charge in [0, 0.05) is 0 Å². The molecule has 0 bridgehead atoms. The van der Waals surface area contributed by atoms with Crippen molar-refractivity contribution in [3.05, 3.63) is 92.1 Å². The summed E-state index contributed by atoms with van der Waals surface area (Å²) in [5, 5.41) is 3.18. The van der Waals surface area contributed by atoms with Crippen LogP contribution in [-0.4, -0.2) is 18.2 Å². The van der Waals surface area contributed by atoms with Crippen LogP contribution >= 0.6 is 34.4 Å². The van der Waals surface area contributed by atoms with Crippen molar-refractivity contribution in [3.8, 4) is 11.5 Å². The number of amides is 1. The number of aliphatic imine (C=N–C) groups is 1. The number of hydrogen-bond acceptors (Lipinski definition) is 5. The fourth-order valence-corrected chi connectivity index (χ4v) is 4.58. The minimum absolute atomic E-state index is 0.241. The number of rotatable bonds is 6. The van der Waals surface area contributed by atoms with E-state index in [-0.39, 0.29) is 11.7 Å². The quantitative estimate of drug-likeness (QED) is 0.301. The molecule has 4 rings (SSSR count). The third-order valence-electron chi connectivity index (χ3n) is 4.48. The van der Waals surface area contributed by atoms with Crippen molar-refractivity contribution in [1.82, 2.24) is 5.32 Å². The van der Waals surface area contributed by atoms with Gasteiger partial charge in [0.25, 0.3) is 5.91 Å². The lowest BCUT2D eigenvalue weighted by Gasteiger charge is -2.14. The van der Waals surface area contributed by atoms with E-state index >= 15 is 0 Å². The molecule has 1 fully saturated rings. The molecule has 3 aromatic carbocycles. The lowest BCUT2D eigenvalue weighted by molar-refractivity contribution is -0.115. The molecule has 0 radical (unpaired) electrons. The fourth-order valence-electron chi connectivity index (χ4n) is 2.96. The maximum absolute atomic E-state index is 13.1. The molecule has 1 heterocycles. The highest BCUT2D eigenvalue weighted by Crippen LogP contribution is 2.36. The van der Waals surface area contributed by atoms with Gasteiger partial charge >= 0.3 is 0 Å². The number of benzene rings is 3. The molecule has 1 aliphatic heterocycles. The molecule has 1 amide bonds. The molecule has 0 aromatic heterocycles. The smallest absolute Gasteiger partial charge is 0.264 e. The molecule has 0 saturated carbocycles. The van der Waals surface area contributed by atoms with Crippen LogP contribution in [0.25, 0.3) is 6.08 Å². The Morgan fingerprint density at radius 1 is 1.12 bits per heavy atom. The van der Waals surface area contributed by atoms with Gasteiger partial charge in [0.15, 0.2) is 16.7 Å². The molecule has 0 spiro atoms. The van der Waals surface area contributed by atoms with E-state index in [1.807, 2.05) is 42.5 Å². The molecule has 0 unspecified atom stereocenters. The number of carbonyl (C=O) groups is 1. The number of carbonyl (C=O) groups excluding carboxylic acids is 1. The normalized spacial score (nSPS) is 15.8. The third kappa shape index (κ3) is 5.49. The number of amidine groups is 1. The van der Waals surface area contributed by atoms with E-state index in [2.05, 4.69) is 32.9 Å². The second-order valence-corrected chi connectivity index (χ2v) is 8.96. The van der Waals surface area contributed by atoms with Gasteiger partial charge < -0.3 is 14.8 Å². The number of thioether (sulfide) groups is 1. The zero-order chi connectivity index (χ0) is 22.5. The van der Waals surface area contributed by atoms with Gasteiger partial charge in [-0.15, -0.1) is 0 Å². The van der Waals surface area contributed by atoms with Crippen molar-refractivity contribution in [2.45, 2.75) is 6.61 Å². The van der Waals surface area contributed by atoms with Crippen LogP contribution in [0.15, 0.2) is 76.6 Å². The van der Waals surface area contributed by atoms with Gasteiger partial charge in [-0.05, 0) is 88.0 Å². The van der Waals surface area contributed by atoms with E-state index in [1.54, 1.807) is 25.3 Å². The molecule has 5 nitrogen and oxygen atoms in total. The Morgan fingerprint density at radius 3 is 2.59 bits per heavy atom. The van der Waals surface area contributed by atoms with Crippen LogP contribution in [0.5, 0.6) is 11.5 Å². The van der Waals surface area contributed by atoms with E-state index in [9.17, 15) is 9.18 Å². The Bertz CT molecular complexity index is 1200. The first-order valence-electron chi connectivity index (χ1n) is 9.61. The number of ether oxygens (including phenoxy) is 2. The summed E-state index contributed by atoms with van der Waals surface area (Å²) in [6.07, 6.45) is 1.78. The summed E-state index contributed by atoms with van der Waals surface area (Å²) < 4.78 is 25.5. The second-order valence-electron chi connectivity index (χ2n) is 6.77. The topological polar surface area (TPSA) is 59.9 Å². The van der Waals surface area contributed by atoms with Crippen molar-refractivity contribution in [1.29, 1.82) is 0 Å². The molecule has 0 aliphatic carbocycles. The van der Waals surface area contributed by atoms with Gasteiger partial charge in [-0.1, -0.05) is 30.3 Å². The lowest BCUT2D eigenvalue weighted by Crippen LogP contribution is -2.19.